The summed E-state index contributed by atoms with van der Waals surface area (Å²) in [6.07, 6.45) is 7.04. The molecule has 0 aromatic heterocycles. The molecule has 1 aliphatic carbocycles. The summed E-state index contributed by atoms with van der Waals surface area (Å²) in [5.41, 5.74) is 0.876. The molecule has 0 amide bonds. The average molecular weight is 264 g/mol. The van der Waals surface area contributed by atoms with Crippen LogP contribution in [-0.2, 0) is 0 Å². The number of benzene rings is 1. The van der Waals surface area contributed by atoms with Crippen LogP contribution in [0.1, 0.15) is 61.4 Å². The molecule has 104 valence electrons. The van der Waals surface area contributed by atoms with Crippen LogP contribution in [0, 0.1) is 12.7 Å². The second kappa shape index (κ2) is 6.18. The Balaban J connectivity index is 2.22. The minimum Gasteiger partial charge on any atom is -0.490 e. The van der Waals surface area contributed by atoms with Gasteiger partial charge in [-0.1, -0.05) is 12.8 Å². The molecule has 0 radical (unpaired) electrons. The Bertz CT molecular complexity index is 460. The van der Waals surface area contributed by atoms with Gasteiger partial charge in [0.15, 0.2) is 5.78 Å². The maximum atomic E-state index is 13.6. The second-order valence-electron chi connectivity index (χ2n) is 5.39. The Labute approximate surface area is 114 Å². The lowest BCUT2D eigenvalue weighted by molar-refractivity contribution is 0.100. The summed E-state index contributed by atoms with van der Waals surface area (Å²) in [6, 6.07) is 2.95. The van der Waals surface area contributed by atoms with Crippen LogP contribution in [0.4, 0.5) is 4.39 Å². The van der Waals surface area contributed by atoms with Gasteiger partial charge in [-0.05, 0) is 57.2 Å². The summed E-state index contributed by atoms with van der Waals surface area (Å²) >= 11 is 0. The smallest absolute Gasteiger partial charge is 0.163 e. The summed E-state index contributed by atoms with van der Waals surface area (Å²) in [6.45, 7) is 3.14. The van der Waals surface area contributed by atoms with E-state index in [1.165, 1.54) is 38.7 Å². The van der Waals surface area contributed by atoms with Crippen molar-refractivity contribution in [2.24, 2.45) is 0 Å². The summed E-state index contributed by atoms with van der Waals surface area (Å²) in [4.78, 5) is 11.6. The molecule has 0 unspecified atom stereocenters. The zero-order chi connectivity index (χ0) is 13.8. The van der Waals surface area contributed by atoms with Crippen molar-refractivity contribution in [2.75, 3.05) is 0 Å². The molecular weight excluding hydrogens is 243 g/mol. The Morgan fingerprint density at radius 1 is 1.21 bits per heavy atom. The number of hydrogen-bond donors (Lipinski definition) is 0. The van der Waals surface area contributed by atoms with Gasteiger partial charge in [0.2, 0.25) is 0 Å². The summed E-state index contributed by atoms with van der Waals surface area (Å²) in [5.74, 6) is 0.0410. The van der Waals surface area contributed by atoms with Crippen LogP contribution in [0.3, 0.4) is 0 Å². The van der Waals surface area contributed by atoms with Gasteiger partial charge in [0.05, 0.1) is 11.7 Å². The van der Waals surface area contributed by atoms with Gasteiger partial charge in [-0.3, -0.25) is 4.79 Å². The van der Waals surface area contributed by atoms with E-state index in [1.54, 1.807) is 13.0 Å². The summed E-state index contributed by atoms with van der Waals surface area (Å²) in [5, 5.41) is 0. The van der Waals surface area contributed by atoms with Crippen LogP contribution >= 0.6 is 0 Å². The number of aryl methyl sites for hydroxylation is 1. The first-order chi connectivity index (χ1) is 9.08. The van der Waals surface area contributed by atoms with Gasteiger partial charge < -0.3 is 4.74 Å². The number of carbonyl (C=O) groups excluding carboxylic acids is 1. The monoisotopic (exact) mass is 264 g/mol. The van der Waals surface area contributed by atoms with E-state index in [2.05, 4.69) is 0 Å². The van der Waals surface area contributed by atoms with Crippen LogP contribution in [0.25, 0.3) is 0 Å². The van der Waals surface area contributed by atoms with Crippen molar-refractivity contribution in [3.8, 4) is 5.75 Å². The molecule has 1 aromatic rings. The third-order valence-corrected chi connectivity index (χ3v) is 3.74. The third kappa shape index (κ3) is 3.55. The first-order valence-electron chi connectivity index (χ1n) is 7.05. The van der Waals surface area contributed by atoms with E-state index in [1.807, 2.05) is 0 Å². The lowest BCUT2D eigenvalue weighted by Crippen LogP contribution is -2.17. The van der Waals surface area contributed by atoms with Crippen molar-refractivity contribution in [1.29, 1.82) is 0 Å². The highest BCUT2D eigenvalue weighted by atomic mass is 19.1. The molecule has 1 fully saturated rings. The number of carbonyl (C=O) groups is 1. The van der Waals surface area contributed by atoms with Crippen molar-refractivity contribution in [3.05, 3.63) is 29.1 Å². The first kappa shape index (κ1) is 14.0. The molecule has 0 aliphatic heterocycles. The number of Topliss-reactive ketones (excluding diaryl/α,β-unsaturated/α-hetero) is 1. The van der Waals surface area contributed by atoms with E-state index in [0.717, 1.165) is 12.8 Å². The Morgan fingerprint density at radius 2 is 1.84 bits per heavy atom. The Hall–Kier alpha value is -1.38. The van der Waals surface area contributed by atoms with Gasteiger partial charge in [0.1, 0.15) is 11.6 Å². The standard InChI is InChI=1S/C16H21FO2/c1-11-9-16(14(12(2)18)10-15(11)17)19-13-7-5-3-4-6-8-13/h9-10,13H,3-8H2,1-2H3. The SMILES string of the molecule is CC(=O)c1cc(F)c(C)cc1OC1CCCCCC1. The topological polar surface area (TPSA) is 26.3 Å². The van der Waals surface area contributed by atoms with E-state index in [0.29, 0.717) is 16.9 Å². The predicted molar refractivity (Wildman–Crippen MR) is 73.3 cm³/mol. The average Bonchev–Trinajstić information content (AvgIpc) is 2.62. The quantitative estimate of drug-likeness (QED) is 0.596. The van der Waals surface area contributed by atoms with Crippen molar-refractivity contribution >= 4 is 5.78 Å². The van der Waals surface area contributed by atoms with Gasteiger partial charge in [-0.2, -0.15) is 0 Å². The molecule has 3 heteroatoms. The molecule has 0 atom stereocenters. The van der Waals surface area contributed by atoms with Crippen molar-refractivity contribution in [2.45, 2.75) is 58.5 Å². The van der Waals surface area contributed by atoms with Gasteiger partial charge in [0.25, 0.3) is 0 Å². The van der Waals surface area contributed by atoms with Crippen LogP contribution in [0.2, 0.25) is 0 Å². The molecule has 2 rings (SSSR count). The predicted octanol–water partition coefficient (Wildman–Crippen LogP) is 4.44. The Morgan fingerprint density at radius 3 is 2.42 bits per heavy atom. The lowest BCUT2D eigenvalue weighted by Gasteiger charge is -2.19. The minimum atomic E-state index is -0.349. The van der Waals surface area contributed by atoms with Crippen molar-refractivity contribution in [1.82, 2.24) is 0 Å². The van der Waals surface area contributed by atoms with E-state index in [4.69, 9.17) is 4.74 Å². The molecule has 1 aromatic carbocycles. The van der Waals surface area contributed by atoms with Crippen molar-refractivity contribution < 1.29 is 13.9 Å². The molecule has 2 nitrogen and oxygen atoms in total. The second-order valence-corrected chi connectivity index (χ2v) is 5.39. The van der Waals surface area contributed by atoms with Crippen LogP contribution in [-0.4, -0.2) is 11.9 Å². The maximum absolute atomic E-state index is 13.6. The van der Waals surface area contributed by atoms with Gasteiger partial charge >= 0.3 is 0 Å². The molecule has 0 heterocycles. The van der Waals surface area contributed by atoms with Crippen LogP contribution < -0.4 is 4.74 Å². The molecule has 0 bridgehead atoms. The molecule has 0 saturated heterocycles. The fourth-order valence-corrected chi connectivity index (χ4v) is 2.57. The normalized spacial score (nSPS) is 17.0. The molecule has 0 N–H and O–H groups in total. The highest BCUT2D eigenvalue weighted by molar-refractivity contribution is 5.96. The van der Waals surface area contributed by atoms with Gasteiger partial charge in [-0.15, -0.1) is 0 Å². The maximum Gasteiger partial charge on any atom is 0.163 e. The molecule has 0 spiro atoms. The number of hydrogen-bond acceptors (Lipinski definition) is 2. The zero-order valence-corrected chi connectivity index (χ0v) is 11.7. The fraction of sp³-hybridized carbons (Fsp3) is 0.562. The van der Waals surface area contributed by atoms with Gasteiger partial charge in [0, 0.05) is 0 Å². The minimum absolute atomic E-state index is 0.150. The third-order valence-electron chi connectivity index (χ3n) is 3.74. The number of ketones is 1. The fourth-order valence-electron chi connectivity index (χ4n) is 2.57. The van der Waals surface area contributed by atoms with E-state index in [-0.39, 0.29) is 17.7 Å². The highest BCUT2D eigenvalue weighted by Crippen LogP contribution is 2.28. The molecular formula is C16H21FO2. The largest absolute Gasteiger partial charge is 0.490 e. The van der Waals surface area contributed by atoms with Crippen LogP contribution in [0.15, 0.2) is 12.1 Å². The highest BCUT2D eigenvalue weighted by Gasteiger charge is 2.18. The van der Waals surface area contributed by atoms with E-state index < -0.39 is 0 Å². The Kier molecular flexibility index (Phi) is 4.56. The zero-order valence-electron chi connectivity index (χ0n) is 11.7. The molecule has 1 saturated carbocycles. The first-order valence-corrected chi connectivity index (χ1v) is 7.05. The van der Waals surface area contributed by atoms with E-state index in [9.17, 15) is 9.18 Å². The molecule has 19 heavy (non-hydrogen) atoms. The lowest BCUT2D eigenvalue weighted by atomic mass is 10.1. The number of ether oxygens (including phenoxy) is 1. The van der Waals surface area contributed by atoms with Crippen LogP contribution in [0.5, 0.6) is 5.75 Å². The summed E-state index contributed by atoms with van der Waals surface area (Å²) in [7, 11) is 0. The molecule has 1 aliphatic rings. The van der Waals surface area contributed by atoms with Crippen molar-refractivity contribution in [3.63, 3.8) is 0 Å². The summed E-state index contributed by atoms with van der Waals surface area (Å²) < 4.78 is 19.5. The van der Waals surface area contributed by atoms with Gasteiger partial charge in [-0.25, -0.2) is 4.39 Å². The number of rotatable bonds is 3. The van der Waals surface area contributed by atoms with E-state index >= 15 is 0 Å². The number of halogens is 1.